The highest BCUT2D eigenvalue weighted by Crippen LogP contribution is 2.47. The smallest absolute Gasteiger partial charge is 0.159 e. The molecule has 10 rings (SSSR count). The molecular weight excluding hydrogens is 597 g/mol. The van der Waals surface area contributed by atoms with Gasteiger partial charge < -0.3 is 13.9 Å². The number of para-hydroxylation sites is 3. The Kier molecular flexibility index (Phi) is 6.18. The van der Waals surface area contributed by atoms with Crippen molar-refractivity contribution < 1.29 is 4.42 Å². The summed E-state index contributed by atoms with van der Waals surface area (Å²) in [5.41, 5.74) is 10.8. The first-order valence-corrected chi connectivity index (χ1v) is 16.7. The lowest BCUT2D eigenvalue weighted by molar-refractivity contribution is 0.669. The minimum Gasteiger partial charge on any atom is -0.454 e. The molecule has 0 atom stereocenters. The van der Waals surface area contributed by atoms with Crippen LogP contribution >= 0.6 is 0 Å². The monoisotopic (exact) mass is 626 g/mol. The average molecular weight is 627 g/mol. The second kappa shape index (κ2) is 11.0. The minimum absolute atomic E-state index is 0.863. The van der Waals surface area contributed by atoms with Crippen LogP contribution in [0.1, 0.15) is 0 Å². The summed E-state index contributed by atoms with van der Waals surface area (Å²) in [6.07, 6.45) is 0. The lowest BCUT2D eigenvalue weighted by Gasteiger charge is -2.27. The van der Waals surface area contributed by atoms with Crippen molar-refractivity contribution in [1.29, 1.82) is 0 Å². The molecule has 0 radical (unpaired) electrons. The van der Waals surface area contributed by atoms with E-state index in [0.29, 0.717) is 0 Å². The van der Waals surface area contributed by atoms with Crippen LogP contribution in [0.5, 0.6) is 0 Å². The van der Waals surface area contributed by atoms with Crippen LogP contribution in [-0.4, -0.2) is 4.57 Å². The third-order valence-corrected chi connectivity index (χ3v) is 9.77. The molecule has 8 aromatic carbocycles. The van der Waals surface area contributed by atoms with E-state index in [1.54, 1.807) is 0 Å². The second-order valence-corrected chi connectivity index (χ2v) is 12.5. The fraction of sp³-hybridized carbons (Fsp3) is 0. The molecule has 0 spiro atoms. The summed E-state index contributed by atoms with van der Waals surface area (Å²) in [5, 5.41) is 7.02. The summed E-state index contributed by atoms with van der Waals surface area (Å²) < 4.78 is 9.30. The van der Waals surface area contributed by atoms with E-state index in [4.69, 9.17) is 4.42 Å². The third kappa shape index (κ3) is 4.29. The minimum atomic E-state index is 0.863. The fourth-order valence-electron chi connectivity index (χ4n) is 7.61. The summed E-state index contributed by atoms with van der Waals surface area (Å²) in [5.74, 6) is 0. The van der Waals surface area contributed by atoms with E-state index in [1.165, 1.54) is 38.2 Å². The number of hydrogen-bond donors (Lipinski definition) is 0. The van der Waals surface area contributed by atoms with Crippen molar-refractivity contribution in [2.75, 3.05) is 4.90 Å². The molecule has 3 heteroatoms. The van der Waals surface area contributed by atoms with Gasteiger partial charge in [-0.3, -0.25) is 0 Å². The summed E-state index contributed by atoms with van der Waals surface area (Å²) in [6.45, 7) is 0. The predicted octanol–water partition coefficient (Wildman–Crippen LogP) is 13.0. The topological polar surface area (TPSA) is 21.3 Å². The first-order valence-electron chi connectivity index (χ1n) is 16.7. The van der Waals surface area contributed by atoms with Gasteiger partial charge in [-0.25, -0.2) is 0 Å². The second-order valence-electron chi connectivity index (χ2n) is 12.5. The van der Waals surface area contributed by atoms with Crippen molar-refractivity contribution in [2.24, 2.45) is 0 Å². The predicted molar refractivity (Wildman–Crippen MR) is 206 cm³/mol. The Hall–Kier alpha value is -6.58. The van der Waals surface area contributed by atoms with Crippen LogP contribution in [0.3, 0.4) is 0 Å². The van der Waals surface area contributed by atoms with Crippen molar-refractivity contribution in [3.63, 3.8) is 0 Å². The van der Waals surface area contributed by atoms with Gasteiger partial charge in [-0.1, -0.05) is 127 Å². The zero-order valence-electron chi connectivity index (χ0n) is 26.6. The maximum atomic E-state index is 6.93. The molecule has 0 bridgehead atoms. The van der Waals surface area contributed by atoms with Crippen molar-refractivity contribution in [3.8, 4) is 16.8 Å². The van der Waals surface area contributed by atoms with Gasteiger partial charge in [-0.05, 0) is 71.1 Å². The van der Waals surface area contributed by atoms with Gasteiger partial charge in [0.25, 0.3) is 0 Å². The van der Waals surface area contributed by atoms with Crippen LogP contribution in [0.25, 0.3) is 71.3 Å². The largest absolute Gasteiger partial charge is 0.454 e. The van der Waals surface area contributed by atoms with E-state index in [0.717, 1.165) is 50.2 Å². The van der Waals surface area contributed by atoms with Crippen molar-refractivity contribution in [3.05, 3.63) is 182 Å². The summed E-state index contributed by atoms with van der Waals surface area (Å²) in [4.78, 5) is 2.35. The maximum Gasteiger partial charge on any atom is 0.159 e. The van der Waals surface area contributed by atoms with E-state index in [-0.39, 0.29) is 0 Å². The molecule has 0 amide bonds. The van der Waals surface area contributed by atoms with Crippen LogP contribution in [0.15, 0.2) is 186 Å². The Labute approximate surface area is 283 Å². The summed E-state index contributed by atoms with van der Waals surface area (Å²) >= 11 is 0. The molecule has 0 unspecified atom stereocenters. The van der Waals surface area contributed by atoms with Gasteiger partial charge in [0.1, 0.15) is 5.58 Å². The number of furan rings is 1. The Morgan fingerprint density at radius 2 is 1.04 bits per heavy atom. The molecule has 0 saturated heterocycles. The summed E-state index contributed by atoms with van der Waals surface area (Å²) in [7, 11) is 0. The normalized spacial score (nSPS) is 11.7. The molecule has 0 aliphatic rings. The van der Waals surface area contributed by atoms with Crippen LogP contribution < -0.4 is 4.90 Å². The molecular formula is C46H30N2O. The molecule has 2 aromatic heterocycles. The van der Waals surface area contributed by atoms with Crippen LogP contribution in [-0.2, 0) is 0 Å². The highest BCUT2D eigenvalue weighted by Gasteiger charge is 2.23. The number of nitrogens with zero attached hydrogens (tertiary/aromatic N) is 2. The van der Waals surface area contributed by atoms with Gasteiger partial charge in [-0.15, -0.1) is 0 Å². The Bertz CT molecular complexity index is 2810. The fourth-order valence-corrected chi connectivity index (χ4v) is 7.61. The SMILES string of the molecule is c1ccc(-c2ccc(N(c3cccc4ccccc34)c3cccc4c3oc3ccc5c(c6ccccc6n5-c5ccccc5)c34)cc2)cc1. The molecule has 0 fully saturated rings. The van der Waals surface area contributed by atoms with E-state index >= 15 is 0 Å². The quantitative estimate of drug-likeness (QED) is 0.190. The first kappa shape index (κ1) is 27.5. The molecule has 0 N–H and O–H groups in total. The van der Waals surface area contributed by atoms with Gasteiger partial charge in [0.15, 0.2) is 5.58 Å². The Morgan fingerprint density at radius 1 is 0.408 bits per heavy atom. The van der Waals surface area contributed by atoms with E-state index in [1.807, 2.05) is 0 Å². The number of fused-ring (bicyclic) bond motifs is 8. The van der Waals surface area contributed by atoms with Gasteiger partial charge in [0.2, 0.25) is 0 Å². The Balaban J connectivity index is 1.26. The van der Waals surface area contributed by atoms with Gasteiger partial charge in [-0.2, -0.15) is 0 Å². The lowest BCUT2D eigenvalue weighted by atomic mass is 10.0. The molecule has 0 saturated carbocycles. The Morgan fingerprint density at radius 3 is 1.88 bits per heavy atom. The number of anilines is 3. The van der Waals surface area contributed by atoms with E-state index in [9.17, 15) is 0 Å². The van der Waals surface area contributed by atoms with Crippen molar-refractivity contribution >= 4 is 71.6 Å². The zero-order valence-corrected chi connectivity index (χ0v) is 26.6. The zero-order chi connectivity index (χ0) is 32.3. The van der Waals surface area contributed by atoms with Crippen LogP contribution in [0, 0.1) is 0 Å². The average Bonchev–Trinajstić information content (AvgIpc) is 3.72. The van der Waals surface area contributed by atoms with E-state index < -0.39 is 0 Å². The highest BCUT2D eigenvalue weighted by molar-refractivity contribution is 6.28. The van der Waals surface area contributed by atoms with Gasteiger partial charge in [0, 0.05) is 38.3 Å². The van der Waals surface area contributed by atoms with E-state index in [2.05, 4.69) is 191 Å². The number of hydrogen-bond acceptors (Lipinski definition) is 2. The molecule has 2 heterocycles. The number of aromatic nitrogens is 1. The molecule has 3 nitrogen and oxygen atoms in total. The molecule has 230 valence electrons. The summed E-state index contributed by atoms with van der Waals surface area (Å²) in [6, 6.07) is 64.7. The number of benzene rings is 8. The third-order valence-electron chi connectivity index (χ3n) is 9.77. The van der Waals surface area contributed by atoms with Gasteiger partial charge >= 0.3 is 0 Å². The molecule has 0 aliphatic heterocycles. The van der Waals surface area contributed by atoms with Gasteiger partial charge in [0.05, 0.1) is 22.4 Å². The molecule has 0 aliphatic carbocycles. The highest BCUT2D eigenvalue weighted by atomic mass is 16.3. The maximum absolute atomic E-state index is 6.93. The molecule has 49 heavy (non-hydrogen) atoms. The van der Waals surface area contributed by atoms with Crippen molar-refractivity contribution in [1.82, 2.24) is 4.57 Å². The van der Waals surface area contributed by atoms with Crippen LogP contribution in [0.4, 0.5) is 17.1 Å². The first-order chi connectivity index (χ1) is 24.3. The lowest BCUT2D eigenvalue weighted by Crippen LogP contribution is -2.10. The van der Waals surface area contributed by atoms with Crippen molar-refractivity contribution in [2.45, 2.75) is 0 Å². The standard InChI is InChI=1S/C46H30N2O/c1-3-13-31(14-4-1)32-25-27-35(28-26-32)48(39-23-11-16-33-15-7-8-19-36(33)39)42-24-12-21-38-45-43(49-46(38)42)30-29-41-44(45)37-20-9-10-22-40(37)47(41)34-17-5-2-6-18-34/h1-30H. The number of rotatable bonds is 5. The molecule has 10 aromatic rings. The van der Waals surface area contributed by atoms with Crippen LogP contribution in [0.2, 0.25) is 0 Å².